The van der Waals surface area contributed by atoms with Gasteiger partial charge in [0.05, 0.1) is 11.8 Å². The minimum absolute atomic E-state index is 0.0379. The molecule has 0 fully saturated rings. The van der Waals surface area contributed by atoms with Crippen LogP contribution in [0.5, 0.6) is 0 Å². The SMILES string of the molecule is CCc1occc1C(=O)c1ccc(C(C)C)cc1. The smallest absolute Gasteiger partial charge is 0.196 e. The number of benzene rings is 1. The zero-order valence-electron chi connectivity index (χ0n) is 11.1. The highest BCUT2D eigenvalue weighted by Crippen LogP contribution is 2.19. The third-order valence-electron chi connectivity index (χ3n) is 3.15. The van der Waals surface area contributed by atoms with E-state index in [0.29, 0.717) is 11.5 Å². The van der Waals surface area contributed by atoms with Crippen molar-refractivity contribution in [2.75, 3.05) is 0 Å². The third-order valence-corrected chi connectivity index (χ3v) is 3.15. The first-order valence-corrected chi connectivity index (χ1v) is 6.34. The summed E-state index contributed by atoms with van der Waals surface area (Å²) in [4.78, 5) is 12.3. The van der Waals surface area contributed by atoms with Gasteiger partial charge in [0.1, 0.15) is 5.76 Å². The van der Waals surface area contributed by atoms with Crippen molar-refractivity contribution in [3.8, 4) is 0 Å². The molecule has 0 unspecified atom stereocenters. The summed E-state index contributed by atoms with van der Waals surface area (Å²) in [7, 11) is 0. The van der Waals surface area contributed by atoms with Gasteiger partial charge in [0.2, 0.25) is 0 Å². The molecule has 0 aliphatic heterocycles. The van der Waals surface area contributed by atoms with Gasteiger partial charge < -0.3 is 4.42 Å². The van der Waals surface area contributed by atoms with E-state index in [1.165, 1.54) is 5.56 Å². The summed E-state index contributed by atoms with van der Waals surface area (Å²) in [5.41, 5.74) is 2.64. The highest BCUT2D eigenvalue weighted by atomic mass is 16.3. The molecule has 1 aromatic carbocycles. The Morgan fingerprint density at radius 2 is 1.83 bits per heavy atom. The number of carbonyl (C=O) groups excluding carboxylic acids is 1. The Bertz CT molecular complexity index is 532. The van der Waals surface area contributed by atoms with Gasteiger partial charge in [-0.25, -0.2) is 0 Å². The molecule has 0 atom stereocenters. The van der Waals surface area contributed by atoms with E-state index >= 15 is 0 Å². The van der Waals surface area contributed by atoms with Crippen LogP contribution in [-0.2, 0) is 6.42 Å². The highest BCUT2D eigenvalue weighted by Gasteiger charge is 2.15. The molecule has 1 heterocycles. The molecule has 0 aliphatic rings. The van der Waals surface area contributed by atoms with Crippen molar-refractivity contribution in [3.63, 3.8) is 0 Å². The van der Waals surface area contributed by atoms with Crippen molar-refractivity contribution >= 4 is 5.78 Å². The second-order valence-corrected chi connectivity index (χ2v) is 4.72. The number of hydrogen-bond acceptors (Lipinski definition) is 2. The van der Waals surface area contributed by atoms with Gasteiger partial charge in [-0.3, -0.25) is 4.79 Å². The van der Waals surface area contributed by atoms with E-state index in [9.17, 15) is 4.79 Å². The molecule has 0 bridgehead atoms. The number of carbonyl (C=O) groups is 1. The molecule has 0 spiro atoms. The van der Waals surface area contributed by atoms with Crippen LogP contribution < -0.4 is 0 Å². The minimum atomic E-state index is 0.0379. The van der Waals surface area contributed by atoms with Gasteiger partial charge in [-0.15, -0.1) is 0 Å². The van der Waals surface area contributed by atoms with Gasteiger partial charge in [-0.2, -0.15) is 0 Å². The van der Waals surface area contributed by atoms with Crippen LogP contribution in [-0.4, -0.2) is 5.78 Å². The molecule has 0 N–H and O–H groups in total. The lowest BCUT2D eigenvalue weighted by Gasteiger charge is -2.06. The Hall–Kier alpha value is -1.83. The van der Waals surface area contributed by atoms with Gasteiger partial charge in [-0.1, -0.05) is 45.0 Å². The molecule has 0 saturated carbocycles. The Balaban J connectivity index is 2.29. The van der Waals surface area contributed by atoms with E-state index in [4.69, 9.17) is 4.42 Å². The van der Waals surface area contributed by atoms with Crippen LogP contribution >= 0.6 is 0 Å². The molecule has 2 nitrogen and oxygen atoms in total. The molecule has 2 heteroatoms. The lowest BCUT2D eigenvalue weighted by atomic mass is 9.98. The monoisotopic (exact) mass is 242 g/mol. The first-order chi connectivity index (χ1) is 8.63. The molecule has 1 aromatic heterocycles. The van der Waals surface area contributed by atoms with Crippen LogP contribution in [0.4, 0.5) is 0 Å². The second kappa shape index (κ2) is 5.21. The minimum Gasteiger partial charge on any atom is -0.469 e. The van der Waals surface area contributed by atoms with E-state index in [2.05, 4.69) is 13.8 Å². The average molecular weight is 242 g/mol. The Kier molecular flexibility index (Phi) is 3.66. The fraction of sp³-hybridized carbons (Fsp3) is 0.312. The number of ketones is 1. The molecule has 2 rings (SSSR count). The van der Waals surface area contributed by atoms with E-state index in [1.54, 1.807) is 12.3 Å². The molecule has 0 aliphatic carbocycles. The first kappa shape index (κ1) is 12.6. The summed E-state index contributed by atoms with van der Waals surface area (Å²) in [6.45, 7) is 6.27. The average Bonchev–Trinajstić information content (AvgIpc) is 2.86. The largest absolute Gasteiger partial charge is 0.469 e. The zero-order valence-corrected chi connectivity index (χ0v) is 11.1. The summed E-state index contributed by atoms with van der Waals surface area (Å²) in [5, 5.41) is 0. The van der Waals surface area contributed by atoms with Crippen LogP contribution in [0.2, 0.25) is 0 Å². The third kappa shape index (κ3) is 2.37. The van der Waals surface area contributed by atoms with Crippen LogP contribution in [0.3, 0.4) is 0 Å². The fourth-order valence-electron chi connectivity index (χ4n) is 1.99. The molecule has 0 saturated heterocycles. The van der Waals surface area contributed by atoms with E-state index in [0.717, 1.165) is 17.7 Å². The molecule has 94 valence electrons. The normalized spacial score (nSPS) is 10.9. The predicted octanol–water partition coefficient (Wildman–Crippen LogP) is 4.20. The van der Waals surface area contributed by atoms with Crippen molar-refractivity contribution in [1.82, 2.24) is 0 Å². The predicted molar refractivity (Wildman–Crippen MR) is 72.0 cm³/mol. The topological polar surface area (TPSA) is 30.2 Å². The quantitative estimate of drug-likeness (QED) is 0.752. The van der Waals surface area contributed by atoms with Gasteiger partial charge in [0.25, 0.3) is 0 Å². The summed E-state index contributed by atoms with van der Waals surface area (Å²) in [6.07, 6.45) is 2.31. The van der Waals surface area contributed by atoms with Gasteiger partial charge in [0.15, 0.2) is 5.78 Å². The lowest BCUT2D eigenvalue weighted by molar-refractivity contribution is 0.103. The van der Waals surface area contributed by atoms with Crippen molar-refractivity contribution < 1.29 is 9.21 Å². The maximum Gasteiger partial charge on any atom is 0.196 e. The van der Waals surface area contributed by atoms with Crippen LogP contribution in [0.25, 0.3) is 0 Å². The Labute approximate surface area is 108 Å². The van der Waals surface area contributed by atoms with Gasteiger partial charge in [-0.05, 0) is 17.5 Å². The number of furan rings is 1. The van der Waals surface area contributed by atoms with Crippen molar-refractivity contribution in [3.05, 3.63) is 59.0 Å². The van der Waals surface area contributed by atoms with Gasteiger partial charge >= 0.3 is 0 Å². The standard InChI is InChI=1S/C16H18O2/c1-4-15-14(9-10-18-15)16(17)13-7-5-12(6-8-13)11(2)3/h5-11H,4H2,1-3H3. The van der Waals surface area contributed by atoms with Crippen molar-refractivity contribution in [2.24, 2.45) is 0 Å². The Morgan fingerprint density at radius 1 is 1.17 bits per heavy atom. The number of rotatable bonds is 4. The fourth-order valence-corrected chi connectivity index (χ4v) is 1.99. The molecule has 2 aromatic rings. The summed E-state index contributed by atoms with van der Waals surface area (Å²) >= 11 is 0. The Morgan fingerprint density at radius 3 is 2.39 bits per heavy atom. The summed E-state index contributed by atoms with van der Waals surface area (Å²) < 4.78 is 5.30. The molecule has 0 radical (unpaired) electrons. The molecular formula is C16H18O2. The van der Waals surface area contributed by atoms with E-state index < -0.39 is 0 Å². The van der Waals surface area contributed by atoms with Gasteiger partial charge in [0, 0.05) is 12.0 Å². The van der Waals surface area contributed by atoms with Crippen LogP contribution in [0, 0.1) is 0 Å². The molecular weight excluding hydrogens is 224 g/mol. The molecule has 0 amide bonds. The maximum absolute atomic E-state index is 12.3. The summed E-state index contributed by atoms with van der Waals surface area (Å²) in [6, 6.07) is 9.57. The zero-order chi connectivity index (χ0) is 13.1. The van der Waals surface area contributed by atoms with Crippen LogP contribution in [0.1, 0.15) is 53.9 Å². The van der Waals surface area contributed by atoms with E-state index in [1.807, 2.05) is 31.2 Å². The molecule has 18 heavy (non-hydrogen) atoms. The number of aryl methyl sites for hydroxylation is 1. The van der Waals surface area contributed by atoms with Crippen LogP contribution in [0.15, 0.2) is 41.0 Å². The lowest BCUT2D eigenvalue weighted by Crippen LogP contribution is -2.03. The highest BCUT2D eigenvalue weighted by molar-refractivity contribution is 6.09. The maximum atomic E-state index is 12.3. The van der Waals surface area contributed by atoms with Crippen molar-refractivity contribution in [1.29, 1.82) is 0 Å². The second-order valence-electron chi connectivity index (χ2n) is 4.72. The first-order valence-electron chi connectivity index (χ1n) is 6.34. The van der Waals surface area contributed by atoms with Crippen molar-refractivity contribution in [2.45, 2.75) is 33.1 Å². The number of hydrogen-bond donors (Lipinski definition) is 0. The summed E-state index contributed by atoms with van der Waals surface area (Å²) in [5.74, 6) is 1.28. The van der Waals surface area contributed by atoms with E-state index in [-0.39, 0.29) is 5.78 Å².